The smallest absolute Gasteiger partial charge is 0.270 e. The topological polar surface area (TPSA) is 95.2 Å². The van der Waals surface area contributed by atoms with Crippen molar-refractivity contribution in [1.29, 1.82) is 5.26 Å². The van der Waals surface area contributed by atoms with E-state index in [1.165, 1.54) is 0 Å². The van der Waals surface area contributed by atoms with E-state index < -0.39 is 6.10 Å². The van der Waals surface area contributed by atoms with E-state index in [-0.39, 0.29) is 18.1 Å². The number of aromatic nitrogens is 1. The summed E-state index contributed by atoms with van der Waals surface area (Å²) in [7, 11) is 0. The average Bonchev–Trinajstić information content (AvgIpc) is 2.75. The summed E-state index contributed by atoms with van der Waals surface area (Å²) in [4.78, 5) is 17.2. The fourth-order valence-corrected chi connectivity index (χ4v) is 3.62. The number of carbonyl (C=O) groups excluding carboxylic acids is 1. The summed E-state index contributed by atoms with van der Waals surface area (Å²) in [5.41, 5.74) is 1.67. The number of hydrogen-bond donors (Lipinski definition) is 2. The van der Waals surface area contributed by atoms with Crippen LogP contribution < -0.4 is 10.1 Å². The quantitative estimate of drug-likeness (QED) is 0.717. The van der Waals surface area contributed by atoms with E-state index >= 15 is 0 Å². The van der Waals surface area contributed by atoms with E-state index in [1.807, 2.05) is 30.3 Å². The van der Waals surface area contributed by atoms with E-state index in [4.69, 9.17) is 10.00 Å². The van der Waals surface area contributed by atoms with Crippen molar-refractivity contribution in [2.75, 3.05) is 0 Å². The van der Waals surface area contributed by atoms with E-state index in [1.54, 1.807) is 30.3 Å². The minimum Gasteiger partial charge on any atom is -0.488 e. The van der Waals surface area contributed by atoms with Gasteiger partial charge in [0.25, 0.3) is 5.91 Å². The summed E-state index contributed by atoms with van der Waals surface area (Å²) < 4.78 is 6.04. The molecule has 1 amide bonds. The van der Waals surface area contributed by atoms with Crippen molar-refractivity contribution in [1.82, 2.24) is 10.3 Å². The van der Waals surface area contributed by atoms with Crippen LogP contribution in [-0.4, -0.2) is 34.2 Å². The summed E-state index contributed by atoms with van der Waals surface area (Å²) in [5.74, 6) is 0.344. The lowest BCUT2D eigenvalue weighted by Gasteiger charge is -2.34. The van der Waals surface area contributed by atoms with Crippen molar-refractivity contribution in [2.45, 2.75) is 37.5 Å². The summed E-state index contributed by atoms with van der Waals surface area (Å²) >= 11 is 0. The zero-order chi connectivity index (χ0) is 20.2. The Labute approximate surface area is 168 Å². The lowest BCUT2D eigenvalue weighted by Crippen LogP contribution is -2.50. The Morgan fingerprint density at radius 2 is 1.90 bits per heavy atom. The van der Waals surface area contributed by atoms with Gasteiger partial charge >= 0.3 is 0 Å². The zero-order valence-electron chi connectivity index (χ0n) is 15.8. The van der Waals surface area contributed by atoms with Gasteiger partial charge in [-0.1, -0.05) is 24.3 Å². The third-order valence-electron chi connectivity index (χ3n) is 5.18. The molecule has 1 saturated carbocycles. The van der Waals surface area contributed by atoms with Crippen LogP contribution in [0.5, 0.6) is 5.75 Å². The molecule has 3 atom stereocenters. The van der Waals surface area contributed by atoms with Gasteiger partial charge in [-0.15, -0.1) is 0 Å². The van der Waals surface area contributed by atoms with Gasteiger partial charge in [0, 0.05) is 11.8 Å². The fraction of sp³-hybridized carbons (Fsp3) is 0.261. The minimum atomic E-state index is -0.467. The van der Waals surface area contributed by atoms with Gasteiger partial charge in [0.15, 0.2) is 0 Å². The molecule has 2 aromatic carbocycles. The number of benzene rings is 2. The highest BCUT2D eigenvalue weighted by Gasteiger charge is 2.33. The molecule has 0 radical (unpaired) electrons. The highest BCUT2D eigenvalue weighted by Crippen LogP contribution is 2.25. The van der Waals surface area contributed by atoms with Crippen LogP contribution in [0.15, 0.2) is 60.7 Å². The minimum absolute atomic E-state index is 0.241. The van der Waals surface area contributed by atoms with Gasteiger partial charge in [-0.25, -0.2) is 4.98 Å². The number of nitrogens with one attached hydrogen (secondary N) is 1. The molecule has 1 fully saturated rings. The Hall–Kier alpha value is -3.43. The predicted molar refractivity (Wildman–Crippen MR) is 108 cm³/mol. The maximum absolute atomic E-state index is 12.8. The van der Waals surface area contributed by atoms with E-state index in [0.717, 1.165) is 10.9 Å². The third-order valence-corrected chi connectivity index (χ3v) is 5.18. The molecule has 1 aliphatic carbocycles. The first-order valence-electron chi connectivity index (χ1n) is 9.64. The molecule has 6 nitrogen and oxygen atoms in total. The Kier molecular flexibility index (Phi) is 5.41. The molecule has 1 aromatic heterocycles. The van der Waals surface area contributed by atoms with Crippen molar-refractivity contribution in [2.24, 2.45) is 0 Å². The van der Waals surface area contributed by atoms with E-state index in [2.05, 4.69) is 16.4 Å². The lowest BCUT2D eigenvalue weighted by atomic mass is 9.90. The molecule has 6 heteroatoms. The molecule has 29 heavy (non-hydrogen) atoms. The number of para-hydroxylation sites is 1. The van der Waals surface area contributed by atoms with Gasteiger partial charge in [-0.2, -0.15) is 5.26 Å². The number of carbonyl (C=O) groups is 1. The van der Waals surface area contributed by atoms with Crippen LogP contribution >= 0.6 is 0 Å². The third kappa shape index (κ3) is 4.36. The average molecular weight is 387 g/mol. The van der Waals surface area contributed by atoms with Crippen LogP contribution in [0.2, 0.25) is 0 Å². The first-order chi connectivity index (χ1) is 14.1. The molecule has 0 spiro atoms. The molecule has 1 heterocycles. The van der Waals surface area contributed by atoms with Crippen LogP contribution in [0.4, 0.5) is 0 Å². The first kappa shape index (κ1) is 18.9. The van der Waals surface area contributed by atoms with E-state index in [0.29, 0.717) is 36.3 Å². The maximum Gasteiger partial charge on any atom is 0.270 e. The number of pyridine rings is 1. The number of ether oxygens (including phenoxy) is 1. The second-order valence-electron chi connectivity index (χ2n) is 7.23. The van der Waals surface area contributed by atoms with Crippen LogP contribution in [0, 0.1) is 11.3 Å². The maximum atomic E-state index is 12.8. The second-order valence-corrected chi connectivity index (χ2v) is 7.23. The van der Waals surface area contributed by atoms with Crippen molar-refractivity contribution in [3.05, 3.63) is 71.9 Å². The summed E-state index contributed by atoms with van der Waals surface area (Å²) in [5, 5.41) is 23.0. The summed E-state index contributed by atoms with van der Waals surface area (Å²) in [6.45, 7) is 0. The molecule has 0 aliphatic heterocycles. The number of aliphatic hydroxyl groups excluding tert-OH is 1. The molecular weight excluding hydrogens is 366 g/mol. The number of nitrogens with zero attached hydrogens (tertiary/aromatic N) is 2. The lowest BCUT2D eigenvalue weighted by molar-refractivity contribution is 0.0293. The number of fused-ring (bicyclic) bond motifs is 1. The number of nitriles is 1. The van der Waals surface area contributed by atoms with Gasteiger partial charge in [0.05, 0.1) is 29.3 Å². The number of amides is 1. The van der Waals surface area contributed by atoms with Gasteiger partial charge in [-0.3, -0.25) is 4.79 Å². The van der Waals surface area contributed by atoms with E-state index in [9.17, 15) is 9.90 Å². The predicted octanol–water partition coefficient (Wildman–Crippen LogP) is 3.20. The highest BCUT2D eigenvalue weighted by atomic mass is 16.5. The normalized spacial score (nSPS) is 21.3. The molecule has 2 N–H and O–H groups in total. The van der Waals surface area contributed by atoms with Crippen molar-refractivity contribution < 1.29 is 14.6 Å². The molecule has 1 aliphatic rings. The fourth-order valence-electron chi connectivity index (χ4n) is 3.62. The number of aliphatic hydroxyl groups is 1. The molecule has 146 valence electrons. The van der Waals surface area contributed by atoms with Crippen LogP contribution in [0.25, 0.3) is 10.9 Å². The summed E-state index contributed by atoms with van der Waals surface area (Å²) in [6.07, 6.45) is 0.808. The molecule has 3 unspecified atom stereocenters. The van der Waals surface area contributed by atoms with Crippen LogP contribution in [0.1, 0.15) is 35.3 Å². The van der Waals surface area contributed by atoms with Gasteiger partial charge in [0.1, 0.15) is 17.5 Å². The molecule has 3 aromatic rings. The number of rotatable bonds is 4. The number of hydrogen-bond acceptors (Lipinski definition) is 5. The van der Waals surface area contributed by atoms with Gasteiger partial charge < -0.3 is 15.2 Å². The Balaban J connectivity index is 1.49. The standard InChI is InChI=1S/C23H21N3O3/c24-14-15-5-9-18(10-6-15)29-22-13-17(27)8-12-20(22)26-23(28)21-11-7-16-3-1-2-4-19(16)25-21/h1-7,9-11,17,20,22,27H,8,12-13H2,(H,26,28). The largest absolute Gasteiger partial charge is 0.488 e. The first-order valence-corrected chi connectivity index (χ1v) is 9.64. The summed E-state index contributed by atoms with van der Waals surface area (Å²) in [6, 6.07) is 19.9. The van der Waals surface area contributed by atoms with Gasteiger partial charge in [-0.05, 0) is 49.2 Å². The van der Waals surface area contributed by atoms with Crippen molar-refractivity contribution >= 4 is 16.8 Å². The van der Waals surface area contributed by atoms with Crippen LogP contribution in [0.3, 0.4) is 0 Å². The van der Waals surface area contributed by atoms with Crippen LogP contribution in [-0.2, 0) is 0 Å². The Morgan fingerprint density at radius 3 is 2.69 bits per heavy atom. The molecule has 0 bridgehead atoms. The Bertz CT molecular complexity index is 1060. The zero-order valence-corrected chi connectivity index (χ0v) is 15.8. The monoisotopic (exact) mass is 387 g/mol. The second kappa shape index (κ2) is 8.29. The molecule has 0 saturated heterocycles. The highest BCUT2D eigenvalue weighted by molar-refractivity contribution is 5.95. The SMILES string of the molecule is N#Cc1ccc(OC2CC(O)CCC2NC(=O)c2ccc3ccccc3n2)cc1. The molecular formula is C23H21N3O3. The molecule has 4 rings (SSSR count). The van der Waals surface area contributed by atoms with Gasteiger partial charge in [0.2, 0.25) is 0 Å². The Morgan fingerprint density at radius 1 is 1.10 bits per heavy atom. The van der Waals surface area contributed by atoms with Crippen molar-refractivity contribution in [3.8, 4) is 11.8 Å². The van der Waals surface area contributed by atoms with Crippen molar-refractivity contribution in [3.63, 3.8) is 0 Å².